The van der Waals surface area contributed by atoms with Crippen LogP contribution in [0.25, 0.3) is 0 Å². The van der Waals surface area contributed by atoms with Crippen LogP contribution in [0, 0.1) is 0 Å². The number of hydrogen-bond donors (Lipinski definition) is 2. The van der Waals surface area contributed by atoms with Crippen LogP contribution in [0.15, 0.2) is 0 Å². The van der Waals surface area contributed by atoms with Crippen molar-refractivity contribution in [2.24, 2.45) is 0 Å². The minimum Gasteiger partial charge on any atom is -0.465 e. The van der Waals surface area contributed by atoms with Gasteiger partial charge in [-0.3, -0.25) is 0 Å². The molecule has 3 atom stereocenters. The third kappa shape index (κ3) is 1.83. The van der Waals surface area contributed by atoms with E-state index >= 15 is 0 Å². The molecule has 2 fully saturated rings. The van der Waals surface area contributed by atoms with E-state index in [0.717, 1.165) is 0 Å². The highest BCUT2D eigenvalue weighted by Crippen LogP contribution is 2.37. The van der Waals surface area contributed by atoms with E-state index in [9.17, 15) is 4.79 Å². The van der Waals surface area contributed by atoms with Crippen LogP contribution in [-0.4, -0.2) is 35.2 Å². The predicted octanol–water partition coefficient (Wildman–Crippen LogP) is 0.936. The summed E-state index contributed by atoms with van der Waals surface area (Å²) in [5.74, 6) is -0.510. The molecule has 14 heavy (non-hydrogen) atoms. The van der Waals surface area contributed by atoms with E-state index in [-0.39, 0.29) is 18.2 Å². The minimum atomic E-state index is -0.978. The molecule has 80 valence electrons. The number of fused-ring (bicyclic) bond motifs is 1. The van der Waals surface area contributed by atoms with Gasteiger partial charge in [-0.1, -0.05) is 0 Å². The van der Waals surface area contributed by atoms with Crippen LogP contribution >= 0.6 is 0 Å². The Morgan fingerprint density at radius 2 is 1.86 bits per heavy atom. The smallest absolute Gasteiger partial charge is 0.404 e. The summed E-state index contributed by atoms with van der Waals surface area (Å²) in [6.45, 7) is 3.76. The molecule has 1 saturated carbocycles. The molecule has 0 aromatic carbocycles. The molecule has 2 aliphatic rings. The number of carboxylic acid groups (broad SMARTS) is 1. The molecule has 2 rings (SSSR count). The summed E-state index contributed by atoms with van der Waals surface area (Å²) in [6.07, 6.45) is 0.527. The van der Waals surface area contributed by atoms with Crippen molar-refractivity contribution in [2.75, 3.05) is 0 Å². The van der Waals surface area contributed by atoms with Crippen LogP contribution in [0.4, 0.5) is 4.79 Å². The number of nitrogens with one attached hydrogen (secondary N) is 1. The van der Waals surface area contributed by atoms with E-state index < -0.39 is 11.9 Å². The van der Waals surface area contributed by atoms with Gasteiger partial charge in [0.1, 0.15) is 0 Å². The maximum atomic E-state index is 10.4. The molecule has 0 aromatic heterocycles. The molecule has 1 heterocycles. The van der Waals surface area contributed by atoms with E-state index in [1.165, 1.54) is 0 Å². The molecule has 1 amide bonds. The summed E-state index contributed by atoms with van der Waals surface area (Å²) in [4.78, 5) is 10.4. The topological polar surface area (TPSA) is 67.8 Å². The highest BCUT2D eigenvalue weighted by molar-refractivity contribution is 5.64. The van der Waals surface area contributed by atoms with Crippen molar-refractivity contribution in [3.05, 3.63) is 0 Å². The fraction of sp³-hybridized carbons (Fsp3) is 0.889. The van der Waals surface area contributed by atoms with E-state index in [1.54, 1.807) is 0 Å². The first-order valence-corrected chi connectivity index (χ1v) is 4.81. The van der Waals surface area contributed by atoms with E-state index in [4.69, 9.17) is 14.6 Å². The van der Waals surface area contributed by atoms with Gasteiger partial charge < -0.3 is 19.9 Å². The zero-order valence-corrected chi connectivity index (χ0v) is 8.32. The van der Waals surface area contributed by atoms with Crippen molar-refractivity contribution in [3.8, 4) is 0 Å². The van der Waals surface area contributed by atoms with Crippen LogP contribution in [-0.2, 0) is 9.47 Å². The van der Waals surface area contributed by atoms with Gasteiger partial charge in [-0.2, -0.15) is 0 Å². The van der Waals surface area contributed by atoms with Gasteiger partial charge >= 0.3 is 6.09 Å². The molecule has 0 radical (unpaired) electrons. The van der Waals surface area contributed by atoms with Gasteiger partial charge in [-0.05, 0) is 26.7 Å². The number of carbonyl (C=O) groups is 1. The van der Waals surface area contributed by atoms with Gasteiger partial charge in [-0.25, -0.2) is 4.79 Å². The van der Waals surface area contributed by atoms with Gasteiger partial charge in [0.2, 0.25) is 0 Å². The van der Waals surface area contributed by atoms with Crippen molar-refractivity contribution >= 4 is 6.09 Å². The maximum absolute atomic E-state index is 10.4. The van der Waals surface area contributed by atoms with E-state index in [2.05, 4.69) is 5.32 Å². The largest absolute Gasteiger partial charge is 0.465 e. The minimum absolute atomic E-state index is 0.0291. The molecule has 5 heteroatoms. The lowest BCUT2D eigenvalue weighted by atomic mass is 10.2. The van der Waals surface area contributed by atoms with Gasteiger partial charge in [0.05, 0.1) is 12.2 Å². The Morgan fingerprint density at radius 1 is 1.36 bits per heavy atom. The summed E-state index contributed by atoms with van der Waals surface area (Å²) in [7, 11) is 0. The van der Waals surface area contributed by atoms with Gasteiger partial charge in [0.25, 0.3) is 0 Å². The summed E-state index contributed by atoms with van der Waals surface area (Å²) in [5.41, 5.74) is 0. The average molecular weight is 201 g/mol. The SMILES string of the molecule is CC1(C)O[C@H]2C[C@H](NC(=O)O)C[C@H]2O1. The summed E-state index contributed by atoms with van der Waals surface area (Å²) >= 11 is 0. The van der Waals surface area contributed by atoms with Crippen LogP contribution < -0.4 is 5.32 Å². The number of hydrogen-bond acceptors (Lipinski definition) is 3. The van der Waals surface area contributed by atoms with Crippen molar-refractivity contribution in [3.63, 3.8) is 0 Å². The van der Waals surface area contributed by atoms with Crippen molar-refractivity contribution in [2.45, 2.75) is 50.7 Å². The Morgan fingerprint density at radius 3 is 2.29 bits per heavy atom. The molecule has 0 bridgehead atoms. The molecule has 1 aliphatic carbocycles. The monoisotopic (exact) mass is 201 g/mol. The normalized spacial score (nSPS) is 39.4. The molecule has 2 N–H and O–H groups in total. The summed E-state index contributed by atoms with van der Waals surface area (Å²) in [5, 5.41) is 11.0. The van der Waals surface area contributed by atoms with Crippen LogP contribution in [0.1, 0.15) is 26.7 Å². The fourth-order valence-corrected chi connectivity index (χ4v) is 2.26. The highest BCUT2D eigenvalue weighted by Gasteiger charge is 2.47. The molecular formula is C9H15NO4. The van der Waals surface area contributed by atoms with Crippen molar-refractivity contribution < 1.29 is 19.4 Å². The quantitative estimate of drug-likeness (QED) is 0.662. The van der Waals surface area contributed by atoms with Crippen molar-refractivity contribution in [1.29, 1.82) is 0 Å². The van der Waals surface area contributed by atoms with Gasteiger partial charge in [0.15, 0.2) is 5.79 Å². The Balaban J connectivity index is 1.90. The fourth-order valence-electron chi connectivity index (χ4n) is 2.26. The summed E-state index contributed by atoms with van der Waals surface area (Å²) in [6, 6.07) is -0.0291. The molecule has 0 aromatic rings. The average Bonchev–Trinajstić information content (AvgIpc) is 2.38. The first kappa shape index (κ1) is 9.73. The third-order valence-electron chi connectivity index (χ3n) is 2.65. The number of ether oxygens (including phenoxy) is 2. The lowest BCUT2D eigenvalue weighted by molar-refractivity contribution is -0.152. The lowest BCUT2D eigenvalue weighted by Gasteiger charge is -2.20. The molecule has 5 nitrogen and oxygen atoms in total. The lowest BCUT2D eigenvalue weighted by Crippen LogP contribution is -2.34. The van der Waals surface area contributed by atoms with Crippen LogP contribution in [0.5, 0.6) is 0 Å². The van der Waals surface area contributed by atoms with Crippen molar-refractivity contribution in [1.82, 2.24) is 5.32 Å². The van der Waals surface area contributed by atoms with E-state index in [0.29, 0.717) is 12.8 Å². The first-order chi connectivity index (χ1) is 6.46. The van der Waals surface area contributed by atoms with Gasteiger partial charge in [-0.15, -0.1) is 0 Å². The Kier molecular flexibility index (Phi) is 2.16. The Bertz CT molecular complexity index is 237. The standard InChI is InChI=1S/C9H15NO4/c1-9(2)13-6-3-5(10-8(11)12)4-7(6)14-9/h5-7,10H,3-4H2,1-2H3,(H,11,12)/t5-,6-,7+. The molecular weight excluding hydrogens is 186 g/mol. The second-order valence-corrected chi connectivity index (χ2v) is 4.33. The second kappa shape index (κ2) is 3.10. The third-order valence-corrected chi connectivity index (χ3v) is 2.65. The number of amides is 1. The number of rotatable bonds is 1. The first-order valence-electron chi connectivity index (χ1n) is 4.81. The zero-order chi connectivity index (χ0) is 10.3. The molecule has 0 unspecified atom stereocenters. The second-order valence-electron chi connectivity index (χ2n) is 4.33. The molecule has 0 spiro atoms. The summed E-state index contributed by atoms with van der Waals surface area (Å²) < 4.78 is 11.3. The molecule has 1 aliphatic heterocycles. The van der Waals surface area contributed by atoms with Gasteiger partial charge in [0, 0.05) is 6.04 Å². The zero-order valence-electron chi connectivity index (χ0n) is 8.32. The highest BCUT2D eigenvalue weighted by atomic mass is 16.8. The van der Waals surface area contributed by atoms with Crippen LogP contribution in [0.2, 0.25) is 0 Å². The maximum Gasteiger partial charge on any atom is 0.404 e. The molecule has 1 saturated heterocycles. The van der Waals surface area contributed by atoms with E-state index in [1.807, 2.05) is 13.8 Å². The predicted molar refractivity (Wildman–Crippen MR) is 48.0 cm³/mol. The Hall–Kier alpha value is -0.810. The van der Waals surface area contributed by atoms with Crippen LogP contribution in [0.3, 0.4) is 0 Å². The Labute approximate surface area is 82.4 Å².